The fraction of sp³-hybridized carbons (Fsp3) is 0.462. The van der Waals surface area contributed by atoms with E-state index >= 15 is 0 Å². The summed E-state index contributed by atoms with van der Waals surface area (Å²) in [6.07, 6.45) is 3.54. The molecular weight excluding hydrogens is 337 g/mol. The molecule has 0 bridgehead atoms. The first-order chi connectivity index (χ1) is 9.75. The third-order valence-corrected chi connectivity index (χ3v) is 6.40. The lowest BCUT2D eigenvalue weighted by Gasteiger charge is -2.24. The van der Waals surface area contributed by atoms with Gasteiger partial charge in [0.1, 0.15) is 4.90 Å². The molecule has 116 valence electrons. The lowest BCUT2D eigenvalue weighted by Crippen LogP contribution is -2.35. The second-order valence-corrected chi connectivity index (χ2v) is 7.81. The molecule has 0 spiro atoms. The second-order valence-electron chi connectivity index (χ2n) is 5.03. The largest absolute Gasteiger partial charge is 0.478 e. The number of rotatable bonds is 4. The number of aromatic carboxylic acids is 1. The maximum atomic E-state index is 12.7. The summed E-state index contributed by atoms with van der Waals surface area (Å²) in [5.41, 5.74) is -0.317. The fourth-order valence-electron chi connectivity index (χ4n) is 2.53. The van der Waals surface area contributed by atoms with Crippen LogP contribution in [0.5, 0.6) is 0 Å². The quantitative estimate of drug-likeness (QED) is 0.903. The zero-order valence-electron chi connectivity index (χ0n) is 11.3. The van der Waals surface area contributed by atoms with E-state index in [1.807, 2.05) is 0 Å². The van der Waals surface area contributed by atoms with Crippen LogP contribution in [0.2, 0.25) is 10.0 Å². The van der Waals surface area contributed by atoms with Crippen molar-refractivity contribution in [3.63, 3.8) is 0 Å². The summed E-state index contributed by atoms with van der Waals surface area (Å²) in [6, 6.07) is 2.25. The van der Waals surface area contributed by atoms with Crippen LogP contribution in [0.3, 0.4) is 0 Å². The molecule has 8 heteroatoms. The van der Waals surface area contributed by atoms with Gasteiger partial charge in [0, 0.05) is 18.1 Å². The zero-order valence-corrected chi connectivity index (χ0v) is 13.7. The van der Waals surface area contributed by atoms with Crippen LogP contribution in [0.4, 0.5) is 0 Å². The number of hydrogen-bond acceptors (Lipinski definition) is 3. The van der Waals surface area contributed by atoms with Gasteiger partial charge in [0.25, 0.3) is 0 Å². The van der Waals surface area contributed by atoms with Crippen molar-refractivity contribution < 1.29 is 18.3 Å². The molecule has 1 saturated carbocycles. The Morgan fingerprint density at radius 2 is 1.86 bits per heavy atom. The normalized spacial score (nSPS) is 16.6. The fourth-order valence-corrected chi connectivity index (χ4v) is 4.82. The van der Waals surface area contributed by atoms with E-state index in [1.165, 1.54) is 17.4 Å². The molecule has 0 aliphatic heterocycles. The molecule has 1 aliphatic carbocycles. The van der Waals surface area contributed by atoms with E-state index in [4.69, 9.17) is 28.3 Å². The van der Waals surface area contributed by atoms with Gasteiger partial charge >= 0.3 is 5.97 Å². The zero-order chi connectivity index (χ0) is 15.8. The van der Waals surface area contributed by atoms with E-state index in [0.29, 0.717) is 0 Å². The minimum absolute atomic E-state index is 0.0233. The SMILES string of the molecule is CN(C1CCCC1)S(=O)(=O)c1cc(Cl)cc(C(=O)O)c1Cl. The molecule has 1 N–H and O–H groups in total. The van der Waals surface area contributed by atoms with Gasteiger partial charge in [-0.15, -0.1) is 0 Å². The van der Waals surface area contributed by atoms with Crippen LogP contribution in [-0.2, 0) is 10.0 Å². The van der Waals surface area contributed by atoms with Crippen molar-refractivity contribution in [2.24, 2.45) is 0 Å². The lowest BCUT2D eigenvalue weighted by atomic mass is 10.2. The van der Waals surface area contributed by atoms with E-state index in [0.717, 1.165) is 31.7 Å². The molecular formula is C13H15Cl2NO4S. The maximum absolute atomic E-state index is 12.7. The van der Waals surface area contributed by atoms with Crippen LogP contribution in [-0.4, -0.2) is 36.9 Å². The van der Waals surface area contributed by atoms with Crippen LogP contribution in [0.25, 0.3) is 0 Å². The van der Waals surface area contributed by atoms with E-state index in [-0.39, 0.29) is 26.5 Å². The van der Waals surface area contributed by atoms with Gasteiger partial charge in [0.05, 0.1) is 10.6 Å². The molecule has 0 saturated heterocycles. The van der Waals surface area contributed by atoms with Crippen molar-refractivity contribution >= 4 is 39.2 Å². The highest BCUT2D eigenvalue weighted by molar-refractivity contribution is 7.89. The molecule has 0 aromatic heterocycles. The third kappa shape index (κ3) is 3.18. The lowest BCUT2D eigenvalue weighted by molar-refractivity contribution is 0.0697. The van der Waals surface area contributed by atoms with Crippen molar-refractivity contribution in [3.05, 3.63) is 27.7 Å². The van der Waals surface area contributed by atoms with E-state index < -0.39 is 16.0 Å². The summed E-state index contributed by atoms with van der Waals surface area (Å²) in [5.74, 6) is -1.32. The van der Waals surface area contributed by atoms with E-state index in [2.05, 4.69) is 0 Å². The van der Waals surface area contributed by atoms with Crippen molar-refractivity contribution in [1.82, 2.24) is 4.31 Å². The van der Waals surface area contributed by atoms with Crippen LogP contribution in [0.15, 0.2) is 17.0 Å². The Morgan fingerprint density at radius 3 is 2.38 bits per heavy atom. The summed E-state index contributed by atoms with van der Waals surface area (Å²) >= 11 is 11.8. The highest BCUT2D eigenvalue weighted by Crippen LogP contribution is 2.34. The predicted molar refractivity (Wildman–Crippen MR) is 80.6 cm³/mol. The molecule has 5 nitrogen and oxygen atoms in total. The van der Waals surface area contributed by atoms with Crippen LogP contribution in [0, 0.1) is 0 Å². The van der Waals surface area contributed by atoms with E-state index in [9.17, 15) is 13.2 Å². The molecule has 0 unspecified atom stereocenters. The van der Waals surface area contributed by atoms with Gasteiger partial charge in [-0.3, -0.25) is 0 Å². The molecule has 1 aromatic rings. The van der Waals surface area contributed by atoms with Gasteiger partial charge in [-0.25, -0.2) is 13.2 Å². The Morgan fingerprint density at radius 1 is 1.29 bits per heavy atom. The number of carboxylic acid groups (broad SMARTS) is 1. The van der Waals surface area contributed by atoms with Crippen molar-refractivity contribution in [1.29, 1.82) is 0 Å². The van der Waals surface area contributed by atoms with Gasteiger partial charge in [-0.2, -0.15) is 4.31 Å². The van der Waals surface area contributed by atoms with Gasteiger partial charge in [-0.1, -0.05) is 36.0 Å². The average Bonchev–Trinajstić information content (AvgIpc) is 2.93. The predicted octanol–water partition coefficient (Wildman–Crippen LogP) is 3.25. The maximum Gasteiger partial charge on any atom is 0.337 e. The Bertz CT molecular complexity index is 669. The topological polar surface area (TPSA) is 74.7 Å². The monoisotopic (exact) mass is 351 g/mol. The molecule has 0 amide bonds. The molecule has 0 heterocycles. The van der Waals surface area contributed by atoms with Crippen molar-refractivity contribution in [2.75, 3.05) is 7.05 Å². The summed E-state index contributed by atoms with van der Waals surface area (Å²) in [6.45, 7) is 0. The highest BCUT2D eigenvalue weighted by Gasteiger charge is 2.33. The Kier molecular flexibility index (Phi) is 4.82. The first kappa shape index (κ1) is 16.5. The Labute approximate surface area is 133 Å². The van der Waals surface area contributed by atoms with Gasteiger partial charge in [0.15, 0.2) is 0 Å². The smallest absolute Gasteiger partial charge is 0.337 e. The summed E-state index contributed by atoms with van der Waals surface area (Å²) in [7, 11) is -2.39. The highest BCUT2D eigenvalue weighted by atomic mass is 35.5. The third-order valence-electron chi connectivity index (χ3n) is 3.73. The van der Waals surface area contributed by atoms with Crippen LogP contribution >= 0.6 is 23.2 Å². The standard InChI is InChI=1S/C13H15Cl2NO4S/c1-16(9-4-2-3-5-9)21(19,20)11-7-8(14)6-10(12(11)15)13(17)18/h6-7,9H,2-5H2,1H3,(H,17,18). The minimum atomic E-state index is -3.88. The summed E-state index contributed by atoms with van der Waals surface area (Å²) in [4.78, 5) is 10.9. The first-order valence-electron chi connectivity index (χ1n) is 6.45. The molecule has 21 heavy (non-hydrogen) atoms. The van der Waals surface area contributed by atoms with Crippen molar-refractivity contribution in [3.8, 4) is 0 Å². The van der Waals surface area contributed by atoms with Gasteiger partial charge < -0.3 is 5.11 Å². The number of halogens is 2. The summed E-state index contributed by atoms with van der Waals surface area (Å²) in [5, 5.41) is 8.79. The molecule has 0 atom stereocenters. The molecule has 1 fully saturated rings. The number of hydrogen-bond donors (Lipinski definition) is 1. The Hall–Kier alpha value is -0.820. The van der Waals surface area contributed by atoms with Crippen LogP contribution in [0.1, 0.15) is 36.0 Å². The molecule has 2 rings (SSSR count). The summed E-state index contributed by atoms with van der Waals surface area (Å²) < 4.78 is 26.6. The number of carbonyl (C=O) groups is 1. The average molecular weight is 352 g/mol. The first-order valence-corrected chi connectivity index (χ1v) is 8.65. The molecule has 1 aromatic carbocycles. The van der Waals surface area contributed by atoms with Crippen LogP contribution < -0.4 is 0 Å². The second kappa shape index (κ2) is 6.12. The van der Waals surface area contributed by atoms with Gasteiger partial charge in [-0.05, 0) is 25.0 Å². The molecule has 1 aliphatic rings. The van der Waals surface area contributed by atoms with E-state index in [1.54, 1.807) is 0 Å². The van der Waals surface area contributed by atoms with Gasteiger partial charge in [0.2, 0.25) is 10.0 Å². The number of sulfonamides is 1. The van der Waals surface area contributed by atoms with Crippen molar-refractivity contribution in [2.45, 2.75) is 36.6 Å². The number of carboxylic acids is 1. The minimum Gasteiger partial charge on any atom is -0.478 e. The number of benzene rings is 1. The number of nitrogens with zero attached hydrogens (tertiary/aromatic N) is 1. The molecule has 0 radical (unpaired) electrons. The Balaban J connectivity index is 2.51.